The first kappa shape index (κ1) is 16.0. The highest BCUT2D eigenvalue weighted by molar-refractivity contribution is 5.68. The summed E-state index contributed by atoms with van der Waals surface area (Å²) in [5.41, 5.74) is 6.99. The Morgan fingerprint density at radius 2 is 1.74 bits per heavy atom. The second kappa shape index (κ2) is 6.69. The zero-order chi connectivity index (χ0) is 16.4. The average molecular weight is 311 g/mol. The monoisotopic (exact) mass is 311 g/mol. The van der Waals surface area contributed by atoms with Crippen LogP contribution in [0.3, 0.4) is 0 Å². The lowest BCUT2D eigenvalue weighted by molar-refractivity contribution is 0.233. The molecule has 1 aliphatic rings. The summed E-state index contributed by atoms with van der Waals surface area (Å²) in [5.74, 6) is 0. The van der Waals surface area contributed by atoms with Gasteiger partial charge in [0.05, 0.1) is 0 Å². The molecular formula is C19H25N3O. The van der Waals surface area contributed by atoms with Crippen LogP contribution < -0.4 is 10.9 Å². The maximum Gasteiger partial charge on any atom is 0.250 e. The molecule has 0 atom stereocenters. The van der Waals surface area contributed by atoms with Crippen LogP contribution in [0.1, 0.15) is 22.3 Å². The highest BCUT2D eigenvalue weighted by Crippen LogP contribution is 2.27. The Hall–Kier alpha value is -1.91. The lowest BCUT2D eigenvalue weighted by atomic mass is 9.95. The van der Waals surface area contributed by atoms with E-state index in [-0.39, 0.29) is 5.56 Å². The molecule has 0 amide bonds. The number of H-pyrrole nitrogens is 1. The first-order valence-electron chi connectivity index (χ1n) is 8.27. The molecule has 0 aliphatic carbocycles. The van der Waals surface area contributed by atoms with Crippen molar-refractivity contribution in [3.63, 3.8) is 0 Å². The molecule has 4 heteroatoms. The fraction of sp³-hybridized carbons (Fsp3) is 0.421. The standard InChI is InChI=1S/C19H25N3O/c1-13-10-18(16-9-15(3)19(23)21-11-16)14(2)8-17(13)12-22-6-4-20-5-7-22/h8-11,20H,4-7,12H2,1-3H3,(H,21,23). The van der Waals surface area contributed by atoms with Gasteiger partial charge >= 0.3 is 0 Å². The minimum Gasteiger partial charge on any atom is -0.328 e. The molecule has 1 aromatic carbocycles. The molecule has 23 heavy (non-hydrogen) atoms. The molecule has 0 bridgehead atoms. The molecule has 1 aromatic heterocycles. The number of hydrogen-bond donors (Lipinski definition) is 2. The van der Waals surface area contributed by atoms with Gasteiger partial charge in [-0.3, -0.25) is 9.69 Å². The summed E-state index contributed by atoms with van der Waals surface area (Å²) in [6.07, 6.45) is 1.81. The molecule has 0 saturated carbocycles. The van der Waals surface area contributed by atoms with Crippen molar-refractivity contribution in [2.45, 2.75) is 27.3 Å². The predicted octanol–water partition coefficient (Wildman–Crippen LogP) is 2.37. The fourth-order valence-electron chi connectivity index (χ4n) is 3.22. The Labute approximate surface area is 137 Å². The minimum atomic E-state index is -0.0153. The third-order valence-electron chi connectivity index (χ3n) is 4.69. The molecule has 2 N–H and O–H groups in total. The van der Waals surface area contributed by atoms with Crippen LogP contribution >= 0.6 is 0 Å². The van der Waals surface area contributed by atoms with Crippen molar-refractivity contribution in [1.29, 1.82) is 0 Å². The van der Waals surface area contributed by atoms with Crippen LogP contribution in [0.2, 0.25) is 0 Å². The van der Waals surface area contributed by atoms with Crippen LogP contribution in [0, 0.1) is 20.8 Å². The van der Waals surface area contributed by atoms with Gasteiger partial charge in [-0.2, -0.15) is 0 Å². The Bertz CT molecular complexity index is 758. The first-order chi connectivity index (χ1) is 11.0. The molecule has 2 heterocycles. The van der Waals surface area contributed by atoms with Crippen LogP contribution in [0.25, 0.3) is 11.1 Å². The summed E-state index contributed by atoms with van der Waals surface area (Å²) in [4.78, 5) is 16.9. The molecule has 4 nitrogen and oxygen atoms in total. The van der Waals surface area contributed by atoms with Crippen LogP contribution in [-0.2, 0) is 6.54 Å². The molecule has 0 radical (unpaired) electrons. The number of aromatic amines is 1. The topological polar surface area (TPSA) is 48.1 Å². The van der Waals surface area contributed by atoms with Crippen molar-refractivity contribution in [3.05, 3.63) is 57.0 Å². The van der Waals surface area contributed by atoms with Crippen LogP contribution in [0.15, 0.2) is 29.2 Å². The van der Waals surface area contributed by atoms with Crippen molar-refractivity contribution in [2.24, 2.45) is 0 Å². The van der Waals surface area contributed by atoms with E-state index in [1.807, 2.05) is 19.2 Å². The van der Waals surface area contributed by atoms with Crippen molar-refractivity contribution < 1.29 is 0 Å². The van der Waals surface area contributed by atoms with Crippen molar-refractivity contribution >= 4 is 0 Å². The van der Waals surface area contributed by atoms with Gasteiger partial charge in [-0.1, -0.05) is 12.1 Å². The van der Waals surface area contributed by atoms with E-state index in [0.29, 0.717) is 0 Å². The summed E-state index contributed by atoms with van der Waals surface area (Å²) in [7, 11) is 0. The van der Waals surface area contributed by atoms with Gasteiger partial charge in [0, 0.05) is 44.5 Å². The molecule has 122 valence electrons. The Morgan fingerprint density at radius 1 is 1.00 bits per heavy atom. The van der Waals surface area contributed by atoms with Gasteiger partial charge in [-0.05, 0) is 54.7 Å². The van der Waals surface area contributed by atoms with Gasteiger partial charge in [-0.15, -0.1) is 0 Å². The van der Waals surface area contributed by atoms with Crippen LogP contribution in [0.4, 0.5) is 0 Å². The maximum absolute atomic E-state index is 11.6. The molecule has 1 saturated heterocycles. The highest BCUT2D eigenvalue weighted by atomic mass is 16.1. The van der Waals surface area contributed by atoms with Gasteiger partial charge in [0.2, 0.25) is 0 Å². The normalized spacial score (nSPS) is 15.8. The van der Waals surface area contributed by atoms with E-state index in [1.54, 1.807) is 0 Å². The van der Waals surface area contributed by atoms with Crippen LogP contribution in [0.5, 0.6) is 0 Å². The molecule has 2 aromatic rings. The summed E-state index contributed by atoms with van der Waals surface area (Å²) in [5, 5.41) is 3.40. The fourth-order valence-corrected chi connectivity index (χ4v) is 3.22. The quantitative estimate of drug-likeness (QED) is 0.915. The van der Waals surface area contributed by atoms with E-state index >= 15 is 0 Å². The van der Waals surface area contributed by atoms with E-state index in [9.17, 15) is 4.79 Å². The van der Waals surface area contributed by atoms with Gasteiger partial charge in [0.25, 0.3) is 5.56 Å². The molecule has 0 spiro atoms. The minimum absolute atomic E-state index is 0.0153. The third-order valence-corrected chi connectivity index (χ3v) is 4.69. The number of pyridine rings is 1. The number of piperazine rings is 1. The summed E-state index contributed by atoms with van der Waals surface area (Å²) < 4.78 is 0. The van der Waals surface area contributed by atoms with Gasteiger partial charge < -0.3 is 10.3 Å². The highest BCUT2D eigenvalue weighted by Gasteiger charge is 2.13. The number of nitrogens with one attached hydrogen (secondary N) is 2. The molecule has 1 fully saturated rings. The molecular weight excluding hydrogens is 286 g/mol. The summed E-state index contributed by atoms with van der Waals surface area (Å²) >= 11 is 0. The number of benzene rings is 1. The smallest absolute Gasteiger partial charge is 0.250 e. The van der Waals surface area contributed by atoms with Gasteiger partial charge in [0.15, 0.2) is 0 Å². The van der Waals surface area contributed by atoms with Gasteiger partial charge in [-0.25, -0.2) is 0 Å². The Morgan fingerprint density at radius 3 is 2.43 bits per heavy atom. The zero-order valence-electron chi connectivity index (χ0n) is 14.2. The molecule has 3 rings (SSSR count). The summed E-state index contributed by atoms with van der Waals surface area (Å²) in [6, 6.07) is 6.52. The van der Waals surface area contributed by atoms with E-state index in [2.05, 4.69) is 41.2 Å². The summed E-state index contributed by atoms with van der Waals surface area (Å²) in [6.45, 7) is 11.6. The maximum atomic E-state index is 11.6. The zero-order valence-corrected chi connectivity index (χ0v) is 14.2. The van der Waals surface area contributed by atoms with E-state index < -0.39 is 0 Å². The van der Waals surface area contributed by atoms with E-state index in [0.717, 1.165) is 43.9 Å². The second-order valence-electron chi connectivity index (χ2n) is 6.52. The number of rotatable bonds is 3. The van der Waals surface area contributed by atoms with Gasteiger partial charge in [0.1, 0.15) is 0 Å². The Balaban J connectivity index is 1.90. The second-order valence-corrected chi connectivity index (χ2v) is 6.52. The van der Waals surface area contributed by atoms with E-state index in [4.69, 9.17) is 0 Å². The van der Waals surface area contributed by atoms with Crippen molar-refractivity contribution in [1.82, 2.24) is 15.2 Å². The van der Waals surface area contributed by atoms with Crippen LogP contribution in [-0.4, -0.2) is 36.1 Å². The molecule has 1 aliphatic heterocycles. The number of aryl methyl sites for hydroxylation is 3. The lowest BCUT2D eigenvalue weighted by Crippen LogP contribution is -2.43. The largest absolute Gasteiger partial charge is 0.328 e. The number of nitrogens with zero attached hydrogens (tertiary/aromatic N) is 1. The number of hydrogen-bond acceptors (Lipinski definition) is 3. The van der Waals surface area contributed by atoms with Crippen molar-refractivity contribution in [2.75, 3.05) is 26.2 Å². The predicted molar refractivity (Wildman–Crippen MR) is 94.9 cm³/mol. The Kier molecular flexibility index (Phi) is 4.64. The lowest BCUT2D eigenvalue weighted by Gasteiger charge is -2.28. The first-order valence-corrected chi connectivity index (χ1v) is 8.27. The average Bonchev–Trinajstić information content (AvgIpc) is 2.54. The SMILES string of the molecule is Cc1cc(-c2c[nH]c(=O)c(C)c2)c(C)cc1CN1CCNCC1. The number of aromatic nitrogens is 1. The third kappa shape index (κ3) is 3.54. The van der Waals surface area contributed by atoms with E-state index in [1.165, 1.54) is 22.3 Å². The molecule has 0 unspecified atom stereocenters. The van der Waals surface area contributed by atoms with Crippen molar-refractivity contribution in [3.8, 4) is 11.1 Å².